The van der Waals surface area contributed by atoms with E-state index >= 15 is 0 Å². The summed E-state index contributed by atoms with van der Waals surface area (Å²) >= 11 is 0. The monoisotopic (exact) mass is 276 g/mol. The van der Waals surface area contributed by atoms with Gasteiger partial charge in [-0.2, -0.15) is 0 Å². The minimum absolute atomic E-state index is 0.229. The Morgan fingerprint density at radius 2 is 2.05 bits per heavy atom. The van der Waals surface area contributed by atoms with Crippen LogP contribution < -0.4 is 5.32 Å². The lowest BCUT2D eigenvalue weighted by atomic mass is 9.97. The molecule has 1 aliphatic rings. The summed E-state index contributed by atoms with van der Waals surface area (Å²) in [5.41, 5.74) is 1.30. The third kappa shape index (κ3) is 3.81. The first-order chi connectivity index (χ1) is 9.56. The van der Waals surface area contributed by atoms with Gasteiger partial charge in [-0.25, -0.2) is 0 Å². The number of nitrogens with one attached hydrogen (secondary N) is 1. The summed E-state index contributed by atoms with van der Waals surface area (Å²) in [6.45, 7) is 2.89. The van der Waals surface area contributed by atoms with Crippen molar-refractivity contribution in [2.45, 2.75) is 25.3 Å². The van der Waals surface area contributed by atoms with E-state index in [0.717, 1.165) is 13.0 Å². The standard InChI is InChI=1S/C15H20N2O3/c1-11-7-13(12-5-3-2-4-6-12)9-17(11)10-14(18)16-8-15(19)20/h2-6,11,13H,7-10H2,1H3,(H,16,18)(H,19,20). The molecule has 2 rings (SSSR count). The van der Waals surface area contributed by atoms with Crippen LogP contribution in [0.2, 0.25) is 0 Å². The summed E-state index contributed by atoms with van der Waals surface area (Å²) in [6.07, 6.45) is 1.02. The Bertz CT molecular complexity index is 475. The third-order valence-corrected chi connectivity index (χ3v) is 3.76. The molecule has 0 radical (unpaired) electrons. The molecule has 0 aliphatic carbocycles. The van der Waals surface area contributed by atoms with Gasteiger partial charge in [-0.3, -0.25) is 14.5 Å². The maximum absolute atomic E-state index is 11.7. The molecule has 1 aromatic carbocycles. The maximum atomic E-state index is 11.7. The lowest BCUT2D eigenvalue weighted by Gasteiger charge is -2.19. The van der Waals surface area contributed by atoms with Crippen LogP contribution in [0.3, 0.4) is 0 Å². The molecule has 5 nitrogen and oxygen atoms in total. The molecule has 1 saturated heterocycles. The van der Waals surface area contributed by atoms with Gasteiger partial charge < -0.3 is 10.4 Å². The van der Waals surface area contributed by atoms with E-state index < -0.39 is 5.97 Å². The molecule has 2 unspecified atom stereocenters. The first-order valence-electron chi connectivity index (χ1n) is 6.83. The normalized spacial score (nSPS) is 22.6. The predicted molar refractivity (Wildman–Crippen MR) is 75.5 cm³/mol. The fourth-order valence-corrected chi connectivity index (χ4v) is 2.70. The molecule has 20 heavy (non-hydrogen) atoms. The second-order valence-electron chi connectivity index (χ2n) is 5.29. The van der Waals surface area contributed by atoms with Gasteiger partial charge in [-0.05, 0) is 24.8 Å². The van der Waals surface area contributed by atoms with Gasteiger partial charge in [0.05, 0.1) is 6.54 Å². The van der Waals surface area contributed by atoms with Gasteiger partial charge in [0.1, 0.15) is 6.54 Å². The Morgan fingerprint density at radius 3 is 2.70 bits per heavy atom. The molecule has 1 amide bonds. The van der Waals surface area contributed by atoms with E-state index in [1.807, 2.05) is 18.2 Å². The molecule has 1 fully saturated rings. The van der Waals surface area contributed by atoms with E-state index in [9.17, 15) is 9.59 Å². The average molecular weight is 276 g/mol. The SMILES string of the molecule is CC1CC(c2ccccc2)CN1CC(=O)NCC(=O)O. The van der Waals surface area contributed by atoms with Crippen molar-refractivity contribution in [3.63, 3.8) is 0 Å². The highest BCUT2D eigenvalue weighted by atomic mass is 16.4. The number of aliphatic carboxylic acids is 1. The minimum Gasteiger partial charge on any atom is -0.480 e. The highest BCUT2D eigenvalue weighted by Gasteiger charge is 2.30. The summed E-state index contributed by atoms with van der Waals surface area (Å²) in [6, 6.07) is 10.6. The molecule has 0 saturated carbocycles. The van der Waals surface area contributed by atoms with Crippen LogP contribution in [0.1, 0.15) is 24.8 Å². The summed E-state index contributed by atoms with van der Waals surface area (Å²) in [5, 5.41) is 10.9. The molecule has 1 aliphatic heterocycles. The first-order valence-corrected chi connectivity index (χ1v) is 6.83. The minimum atomic E-state index is -1.02. The molecule has 108 valence electrons. The summed E-state index contributed by atoms with van der Waals surface area (Å²) in [4.78, 5) is 24.2. The van der Waals surface area contributed by atoms with Crippen molar-refractivity contribution >= 4 is 11.9 Å². The van der Waals surface area contributed by atoms with Crippen molar-refractivity contribution in [1.82, 2.24) is 10.2 Å². The highest BCUT2D eigenvalue weighted by Crippen LogP contribution is 2.30. The van der Waals surface area contributed by atoms with Crippen LogP contribution in [-0.2, 0) is 9.59 Å². The van der Waals surface area contributed by atoms with E-state index in [4.69, 9.17) is 5.11 Å². The van der Waals surface area contributed by atoms with Crippen molar-refractivity contribution in [3.05, 3.63) is 35.9 Å². The molecule has 1 heterocycles. The number of amides is 1. The summed E-state index contributed by atoms with van der Waals surface area (Å²) in [7, 11) is 0. The second-order valence-corrected chi connectivity index (χ2v) is 5.29. The summed E-state index contributed by atoms with van der Waals surface area (Å²) < 4.78 is 0. The van der Waals surface area contributed by atoms with Crippen LogP contribution in [-0.4, -0.2) is 47.6 Å². The molecule has 0 spiro atoms. The third-order valence-electron chi connectivity index (χ3n) is 3.76. The number of carboxylic acid groups (broad SMARTS) is 1. The average Bonchev–Trinajstić information content (AvgIpc) is 2.79. The number of carbonyl (C=O) groups excluding carboxylic acids is 1. The molecular weight excluding hydrogens is 256 g/mol. The Labute approximate surface area is 118 Å². The van der Waals surface area contributed by atoms with Crippen molar-refractivity contribution < 1.29 is 14.7 Å². The van der Waals surface area contributed by atoms with Gasteiger partial charge >= 0.3 is 5.97 Å². The van der Waals surface area contributed by atoms with Crippen molar-refractivity contribution in [2.75, 3.05) is 19.6 Å². The number of carbonyl (C=O) groups is 2. The first kappa shape index (κ1) is 14.5. The van der Waals surface area contributed by atoms with Crippen LogP contribution in [0.25, 0.3) is 0 Å². The fourth-order valence-electron chi connectivity index (χ4n) is 2.70. The Kier molecular flexibility index (Phi) is 4.74. The predicted octanol–water partition coefficient (Wildman–Crippen LogP) is 1.07. The van der Waals surface area contributed by atoms with E-state index in [1.165, 1.54) is 5.56 Å². The zero-order valence-corrected chi connectivity index (χ0v) is 11.6. The highest BCUT2D eigenvalue weighted by molar-refractivity contribution is 5.82. The Morgan fingerprint density at radius 1 is 1.35 bits per heavy atom. The lowest BCUT2D eigenvalue weighted by Crippen LogP contribution is -2.40. The van der Waals surface area contributed by atoms with Gasteiger partial charge in [0.2, 0.25) is 5.91 Å². The number of rotatable bonds is 5. The molecule has 2 atom stereocenters. The zero-order valence-electron chi connectivity index (χ0n) is 11.6. The topological polar surface area (TPSA) is 69.6 Å². The largest absolute Gasteiger partial charge is 0.480 e. The van der Waals surface area contributed by atoms with Gasteiger partial charge in [0.15, 0.2) is 0 Å². The number of hydrogen-bond acceptors (Lipinski definition) is 3. The van der Waals surface area contributed by atoms with Gasteiger partial charge in [0.25, 0.3) is 0 Å². The number of benzene rings is 1. The number of likely N-dealkylation sites (tertiary alicyclic amines) is 1. The van der Waals surface area contributed by atoms with E-state index in [-0.39, 0.29) is 19.0 Å². The number of hydrogen-bond donors (Lipinski definition) is 2. The molecule has 2 N–H and O–H groups in total. The van der Waals surface area contributed by atoms with Crippen LogP contribution >= 0.6 is 0 Å². The van der Waals surface area contributed by atoms with Crippen LogP contribution in [0.5, 0.6) is 0 Å². The van der Waals surface area contributed by atoms with Gasteiger partial charge in [0, 0.05) is 12.6 Å². The molecule has 1 aromatic rings. The lowest BCUT2D eigenvalue weighted by molar-refractivity contribution is -0.138. The summed E-state index contributed by atoms with van der Waals surface area (Å²) in [5.74, 6) is -0.804. The van der Waals surface area contributed by atoms with E-state index in [2.05, 4.69) is 29.3 Å². The van der Waals surface area contributed by atoms with Crippen molar-refractivity contribution in [3.8, 4) is 0 Å². The van der Waals surface area contributed by atoms with E-state index in [0.29, 0.717) is 12.0 Å². The molecule has 5 heteroatoms. The van der Waals surface area contributed by atoms with Gasteiger partial charge in [-0.1, -0.05) is 30.3 Å². The molecule has 0 bridgehead atoms. The Balaban J connectivity index is 1.88. The molecule has 0 aromatic heterocycles. The van der Waals surface area contributed by atoms with E-state index in [1.54, 1.807) is 0 Å². The fraction of sp³-hybridized carbons (Fsp3) is 0.467. The number of nitrogens with zero attached hydrogens (tertiary/aromatic N) is 1. The number of carboxylic acids is 1. The maximum Gasteiger partial charge on any atom is 0.322 e. The van der Waals surface area contributed by atoms with Gasteiger partial charge in [-0.15, -0.1) is 0 Å². The van der Waals surface area contributed by atoms with Crippen LogP contribution in [0.15, 0.2) is 30.3 Å². The quantitative estimate of drug-likeness (QED) is 0.844. The van der Waals surface area contributed by atoms with Crippen LogP contribution in [0, 0.1) is 0 Å². The second kappa shape index (κ2) is 6.52. The van der Waals surface area contributed by atoms with Crippen molar-refractivity contribution in [2.24, 2.45) is 0 Å². The zero-order chi connectivity index (χ0) is 14.5. The smallest absolute Gasteiger partial charge is 0.322 e. The molecular formula is C15H20N2O3. The Hall–Kier alpha value is -1.88. The van der Waals surface area contributed by atoms with Crippen LogP contribution in [0.4, 0.5) is 0 Å². The van der Waals surface area contributed by atoms with Crippen molar-refractivity contribution in [1.29, 1.82) is 0 Å².